The lowest BCUT2D eigenvalue weighted by molar-refractivity contribution is 0.0690. The fraction of sp³-hybridized carbons (Fsp3) is 0. The Labute approximate surface area is 107 Å². The number of anilines is 1. The highest BCUT2D eigenvalue weighted by Crippen LogP contribution is 2.14. The smallest absolute Gasteiger partial charge is 0.354 e. The summed E-state index contributed by atoms with van der Waals surface area (Å²) >= 11 is 0. The van der Waals surface area contributed by atoms with E-state index in [4.69, 9.17) is 5.11 Å². The second-order valence-corrected chi connectivity index (χ2v) is 3.67. The van der Waals surface area contributed by atoms with Gasteiger partial charge in [-0.1, -0.05) is 12.1 Å². The molecule has 1 aromatic carbocycles. The van der Waals surface area contributed by atoms with Crippen LogP contribution in [0.4, 0.5) is 10.1 Å². The van der Waals surface area contributed by atoms with E-state index in [2.05, 4.69) is 10.3 Å². The molecule has 0 bridgehead atoms. The van der Waals surface area contributed by atoms with Gasteiger partial charge in [0.05, 0.1) is 5.69 Å². The van der Waals surface area contributed by atoms with E-state index < -0.39 is 17.7 Å². The highest BCUT2D eigenvalue weighted by molar-refractivity contribution is 6.05. The van der Waals surface area contributed by atoms with Crippen molar-refractivity contribution in [3.63, 3.8) is 0 Å². The molecule has 1 heterocycles. The number of aromatic nitrogens is 1. The number of hydrogen-bond donors (Lipinski definition) is 2. The van der Waals surface area contributed by atoms with Crippen LogP contribution in [0, 0.1) is 5.82 Å². The second kappa shape index (κ2) is 5.26. The van der Waals surface area contributed by atoms with Crippen LogP contribution in [0.15, 0.2) is 42.6 Å². The number of benzene rings is 1. The van der Waals surface area contributed by atoms with E-state index in [1.54, 1.807) is 6.07 Å². The molecule has 0 aliphatic heterocycles. The number of carbonyl (C=O) groups excluding carboxylic acids is 1. The minimum absolute atomic E-state index is 0.0289. The summed E-state index contributed by atoms with van der Waals surface area (Å²) in [7, 11) is 0. The van der Waals surface area contributed by atoms with Gasteiger partial charge in [0.2, 0.25) is 0 Å². The summed E-state index contributed by atoms with van der Waals surface area (Å²) in [6, 6.07) is 8.17. The number of aromatic carboxylic acids is 1. The molecule has 0 saturated carbocycles. The number of para-hydroxylation sites is 1. The van der Waals surface area contributed by atoms with Crippen molar-refractivity contribution >= 4 is 17.6 Å². The van der Waals surface area contributed by atoms with Gasteiger partial charge in [-0.3, -0.25) is 4.79 Å². The number of carbonyl (C=O) groups is 2. The molecule has 0 saturated heterocycles. The minimum Gasteiger partial charge on any atom is -0.477 e. The van der Waals surface area contributed by atoms with Crippen molar-refractivity contribution in [2.45, 2.75) is 0 Å². The maximum absolute atomic E-state index is 13.4. The van der Waals surface area contributed by atoms with Crippen molar-refractivity contribution in [3.05, 3.63) is 59.7 Å². The Morgan fingerprint density at radius 2 is 1.95 bits per heavy atom. The Bertz CT molecular complexity index is 643. The van der Waals surface area contributed by atoms with Gasteiger partial charge in [-0.05, 0) is 24.3 Å². The van der Waals surface area contributed by atoms with E-state index in [1.807, 2.05) is 0 Å². The normalized spacial score (nSPS) is 9.95. The van der Waals surface area contributed by atoms with Crippen molar-refractivity contribution in [3.8, 4) is 0 Å². The lowest BCUT2D eigenvalue weighted by Crippen LogP contribution is -2.14. The zero-order chi connectivity index (χ0) is 13.8. The van der Waals surface area contributed by atoms with Crippen LogP contribution in [0.2, 0.25) is 0 Å². The van der Waals surface area contributed by atoms with Gasteiger partial charge >= 0.3 is 5.97 Å². The van der Waals surface area contributed by atoms with Crippen LogP contribution in [0.5, 0.6) is 0 Å². The number of hydrogen-bond acceptors (Lipinski definition) is 3. The van der Waals surface area contributed by atoms with Crippen LogP contribution in [0.1, 0.15) is 20.8 Å². The summed E-state index contributed by atoms with van der Waals surface area (Å²) in [5, 5.41) is 11.1. The number of carboxylic acid groups (broad SMARTS) is 1. The first kappa shape index (κ1) is 12.7. The standard InChI is InChI=1S/C13H9FN2O3/c14-9-3-1-2-4-10(9)16-12(17)8-5-6-15-11(7-8)13(18)19/h1-7H,(H,16,17)(H,18,19). The summed E-state index contributed by atoms with van der Waals surface area (Å²) in [6.45, 7) is 0. The Hall–Kier alpha value is -2.76. The van der Waals surface area contributed by atoms with Crippen molar-refractivity contribution in [1.82, 2.24) is 4.98 Å². The van der Waals surface area contributed by atoms with E-state index in [0.29, 0.717) is 0 Å². The maximum atomic E-state index is 13.4. The average molecular weight is 260 g/mol. The molecule has 0 atom stereocenters. The molecule has 2 aromatic rings. The van der Waals surface area contributed by atoms with Crippen LogP contribution in [0.25, 0.3) is 0 Å². The minimum atomic E-state index is -1.24. The quantitative estimate of drug-likeness (QED) is 0.886. The van der Waals surface area contributed by atoms with Gasteiger partial charge in [-0.2, -0.15) is 0 Å². The van der Waals surface area contributed by atoms with E-state index in [9.17, 15) is 14.0 Å². The maximum Gasteiger partial charge on any atom is 0.354 e. The number of carboxylic acids is 1. The van der Waals surface area contributed by atoms with E-state index in [-0.39, 0.29) is 16.9 Å². The molecule has 0 fully saturated rings. The molecule has 19 heavy (non-hydrogen) atoms. The van der Waals surface area contributed by atoms with Crippen molar-refractivity contribution < 1.29 is 19.1 Å². The third-order valence-corrected chi connectivity index (χ3v) is 2.36. The zero-order valence-electron chi connectivity index (χ0n) is 9.63. The monoisotopic (exact) mass is 260 g/mol. The Balaban J connectivity index is 2.23. The molecule has 0 spiro atoms. The predicted octanol–water partition coefficient (Wildman–Crippen LogP) is 2.17. The van der Waals surface area contributed by atoms with Gasteiger partial charge in [0.25, 0.3) is 5.91 Å². The molecule has 0 unspecified atom stereocenters. The first-order valence-corrected chi connectivity index (χ1v) is 5.33. The van der Waals surface area contributed by atoms with Gasteiger partial charge in [-0.15, -0.1) is 0 Å². The number of amides is 1. The largest absolute Gasteiger partial charge is 0.477 e. The lowest BCUT2D eigenvalue weighted by atomic mass is 10.2. The summed E-state index contributed by atoms with van der Waals surface area (Å²) in [5.41, 5.74) is -0.127. The van der Waals surface area contributed by atoms with Gasteiger partial charge in [0.1, 0.15) is 11.5 Å². The number of nitrogens with zero attached hydrogens (tertiary/aromatic N) is 1. The van der Waals surface area contributed by atoms with Crippen LogP contribution < -0.4 is 5.32 Å². The summed E-state index contributed by atoms with van der Waals surface area (Å²) in [5.74, 6) is -2.40. The molecule has 2 N–H and O–H groups in total. The average Bonchev–Trinajstić information content (AvgIpc) is 2.41. The molecule has 1 aromatic heterocycles. The van der Waals surface area contributed by atoms with E-state index >= 15 is 0 Å². The fourth-order valence-electron chi connectivity index (χ4n) is 1.45. The van der Waals surface area contributed by atoms with E-state index in [0.717, 1.165) is 6.07 Å². The van der Waals surface area contributed by atoms with Crippen LogP contribution in [0.3, 0.4) is 0 Å². The number of rotatable bonds is 3. The summed E-state index contributed by atoms with van der Waals surface area (Å²) in [6.07, 6.45) is 1.21. The molecule has 0 radical (unpaired) electrons. The molecule has 96 valence electrons. The Morgan fingerprint density at radius 1 is 1.21 bits per heavy atom. The Morgan fingerprint density at radius 3 is 2.63 bits per heavy atom. The first-order valence-electron chi connectivity index (χ1n) is 5.33. The second-order valence-electron chi connectivity index (χ2n) is 3.67. The van der Waals surface area contributed by atoms with Gasteiger partial charge < -0.3 is 10.4 Å². The predicted molar refractivity (Wildman–Crippen MR) is 65.5 cm³/mol. The number of nitrogens with one attached hydrogen (secondary N) is 1. The molecule has 6 heteroatoms. The van der Waals surface area contributed by atoms with Crippen LogP contribution in [-0.2, 0) is 0 Å². The summed E-state index contributed by atoms with van der Waals surface area (Å²) < 4.78 is 13.4. The topological polar surface area (TPSA) is 79.3 Å². The molecule has 1 amide bonds. The zero-order valence-corrected chi connectivity index (χ0v) is 9.63. The molecule has 5 nitrogen and oxygen atoms in total. The third-order valence-electron chi connectivity index (χ3n) is 2.36. The van der Waals surface area contributed by atoms with Crippen LogP contribution >= 0.6 is 0 Å². The van der Waals surface area contributed by atoms with Crippen molar-refractivity contribution in [1.29, 1.82) is 0 Å². The molecule has 0 aliphatic rings. The molecule has 0 aliphatic carbocycles. The SMILES string of the molecule is O=C(Nc1ccccc1F)c1ccnc(C(=O)O)c1. The fourth-order valence-corrected chi connectivity index (χ4v) is 1.45. The first-order chi connectivity index (χ1) is 9.08. The van der Waals surface area contributed by atoms with Crippen LogP contribution in [-0.4, -0.2) is 22.0 Å². The highest BCUT2D eigenvalue weighted by Gasteiger charge is 2.12. The van der Waals surface area contributed by atoms with Gasteiger partial charge in [-0.25, -0.2) is 14.2 Å². The highest BCUT2D eigenvalue weighted by atomic mass is 19.1. The number of pyridine rings is 1. The Kier molecular flexibility index (Phi) is 3.51. The molecule has 2 rings (SSSR count). The van der Waals surface area contributed by atoms with Gasteiger partial charge in [0.15, 0.2) is 0 Å². The third kappa shape index (κ3) is 2.92. The van der Waals surface area contributed by atoms with Crippen molar-refractivity contribution in [2.24, 2.45) is 0 Å². The lowest BCUT2D eigenvalue weighted by Gasteiger charge is -2.06. The molecular formula is C13H9FN2O3. The van der Waals surface area contributed by atoms with Crippen molar-refractivity contribution in [2.75, 3.05) is 5.32 Å². The number of halogens is 1. The molecular weight excluding hydrogens is 251 g/mol. The van der Waals surface area contributed by atoms with E-state index in [1.165, 1.54) is 30.5 Å². The van der Waals surface area contributed by atoms with Gasteiger partial charge in [0, 0.05) is 11.8 Å². The summed E-state index contributed by atoms with van der Waals surface area (Å²) in [4.78, 5) is 26.2.